The van der Waals surface area contributed by atoms with Crippen molar-refractivity contribution in [1.82, 2.24) is 4.98 Å². The minimum atomic E-state index is 0.686. The molecule has 0 saturated heterocycles. The predicted molar refractivity (Wildman–Crippen MR) is 95.0 cm³/mol. The van der Waals surface area contributed by atoms with E-state index >= 15 is 0 Å². The van der Waals surface area contributed by atoms with Gasteiger partial charge in [0.15, 0.2) is 5.13 Å². The highest BCUT2D eigenvalue weighted by Crippen LogP contribution is 2.29. The number of nitrogens with zero attached hydrogens (tertiary/aromatic N) is 1. The van der Waals surface area contributed by atoms with Gasteiger partial charge in [0, 0.05) is 11.4 Å². The maximum Gasteiger partial charge on any atom is 0.183 e. The van der Waals surface area contributed by atoms with Crippen molar-refractivity contribution in [3.05, 3.63) is 39.0 Å². The normalized spacial score (nSPS) is 11.0. The van der Waals surface area contributed by atoms with Crippen molar-refractivity contribution in [2.75, 3.05) is 18.5 Å². The highest BCUT2D eigenvalue weighted by Gasteiger charge is 2.05. The zero-order valence-corrected chi connectivity index (χ0v) is 14.8. The number of aromatic nitrogens is 1. The van der Waals surface area contributed by atoms with Gasteiger partial charge in [-0.1, -0.05) is 11.3 Å². The van der Waals surface area contributed by atoms with E-state index in [0.717, 1.165) is 34.1 Å². The molecule has 0 bridgehead atoms. The molecule has 0 aliphatic heterocycles. The minimum absolute atomic E-state index is 0.686. The van der Waals surface area contributed by atoms with Gasteiger partial charge in [0.2, 0.25) is 0 Å². The van der Waals surface area contributed by atoms with Crippen LogP contribution in [0, 0.1) is 0 Å². The molecule has 0 atom stereocenters. The Balaban J connectivity index is 1.64. The van der Waals surface area contributed by atoms with E-state index in [1.54, 1.807) is 22.7 Å². The third-order valence-corrected chi connectivity index (χ3v) is 5.61. The summed E-state index contributed by atoms with van der Waals surface area (Å²) in [4.78, 5) is 5.97. The highest BCUT2D eigenvalue weighted by atomic mass is 79.9. The van der Waals surface area contributed by atoms with Gasteiger partial charge >= 0.3 is 0 Å². The molecule has 6 heteroatoms. The molecule has 0 spiro atoms. The lowest BCUT2D eigenvalue weighted by molar-refractivity contribution is 0.341. The lowest BCUT2D eigenvalue weighted by Crippen LogP contribution is -2.03. The molecular formula is C15H15BrN2OS2. The second kappa shape index (κ2) is 6.77. The molecule has 2 aromatic heterocycles. The van der Waals surface area contributed by atoms with Crippen molar-refractivity contribution < 1.29 is 4.74 Å². The zero-order valence-electron chi connectivity index (χ0n) is 11.6. The van der Waals surface area contributed by atoms with E-state index in [1.807, 2.05) is 19.1 Å². The van der Waals surface area contributed by atoms with Gasteiger partial charge < -0.3 is 10.1 Å². The Labute approximate surface area is 140 Å². The molecule has 0 fully saturated rings. The summed E-state index contributed by atoms with van der Waals surface area (Å²) in [5, 5.41) is 4.37. The Morgan fingerprint density at radius 1 is 1.24 bits per heavy atom. The standard InChI is InChI=1S/C15H15BrN2OS2/c1-2-19-10-3-5-12-13(9-10)21-15(18-12)17-8-7-11-4-6-14(16)20-11/h3-6,9H,2,7-8H2,1H3,(H,17,18). The van der Waals surface area contributed by atoms with Gasteiger partial charge in [-0.15, -0.1) is 11.3 Å². The Bertz CT molecular complexity index is 738. The van der Waals surface area contributed by atoms with Gasteiger partial charge in [0.1, 0.15) is 5.75 Å². The number of hydrogen-bond acceptors (Lipinski definition) is 5. The van der Waals surface area contributed by atoms with Crippen LogP contribution in [0.2, 0.25) is 0 Å². The number of fused-ring (bicyclic) bond motifs is 1. The summed E-state index contributed by atoms with van der Waals surface area (Å²) in [6, 6.07) is 10.3. The molecule has 3 aromatic rings. The fourth-order valence-electron chi connectivity index (χ4n) is 2.02. The lowest BCUT2D eigenvalue weighted by atomic mass is 10.3. The highest BCUT2D eigenvalue weighted by molar-refractivity contribution is 9.11. The van der Waals surface area contributed by atoms with Gasteiger partial charge in [0.05, 0.1) is 20.6 Å². The Morgan fingerprint density at radius 3 is 2.90 bits per heavy atom. The molecule has 3 rings (SSSR count). The van der Waals surface area contributed by atoms with E-state index in [9.17, 15) is 0 Å². The fourth-order valence-corrected chi connectivity index (χ4v) is 4.42. The van der Waals surface area contributed by atoms with Crippen LogP contribution in [0.25, 0.3) is 10.2 Å². The van der Waals surface area contributed by atoms with E-state index in [2.05, 4.69) is 44.4 Å². The van der Waals surface area contributed by atoms with Crippen molar-refractivity contribution in [2.24, 2.45) is 0 Å². The molecule has 1 aromatic carbocycles. The fraction of sp³-hybridized carbons (Fsp3) is 0.267. The number of benzene rings is 1. The van der Waals surface area contributed by atoms with Crippen LogP contribution < -0.4 is 10.1 Å². The number of anilines is 1. The summed E-state index contributed by atoms with van der Waals surface area (Å²) in [6.45, 7) is 3.57. The summed E-state index contributed by atoms with van der Waals surface area (Å²) in [5.41, 5.74) is 1.02. The molecule has 2 heterocycles. The van der Waals surface area contributed by atoms with Crippen molar-refractivity contribution in [3.63, 3.8) is 0 Å². The van der Waals surface area contributed by atoms with Crippen molar-refractivity contribution >= 4 is 54.0 Å². The van der Waals surface area contributed by atoms with Gasteiger partial charge in [-0.2, -0.15) is 0 Å². The quantitative estimate of drug-likeness (QED) is 0.637. The Kier molecular flexibility index (Phi) is 4.77. The van der Waals surface area contributed by atoms with Crippen LogP contribution in [0.15, 0.2) is 34.1 Å². The first kappa shape index (κ1) is 14.8. The van der Waals surface area contributed by atoms with Gasteiger partial charge in [0.25, 0.3) is 0 Å². The van der Waals surface area contributed by atoms with Crippen molar-refractivity contribution in [3.8, 4) is 5.75 Å². The maximum atomic E-state index is 5.52. The topological polar surface area (TPSA) is 34.1 Å². The summed E-state index contributed by atoms with van der Waals surface area (Å²) in [6.07, 6.45) is 1.01. The van der Waals surface area contributed by atoms with E-state index in [0.29, 0.717) is 6.61 Å². The second-order valence-corrected chi connectivity index (χ2v) is 8.04. The molecule has 0 aliphatic rings. The SMILES string of the molecule is CCOc1ccc2nc(NCCc3ccc(Br)s3)sc2c1. The van der Waals surface area contributed by atoms with Crippen LogP contribution in [0.5, 0.6) is 5.75 Å². The van der Waals surface area contributed by atoms with Gasteiger partial charge in [-0.25, -0.2) is 4.98 Å². The number of thiazole rings is 1. The van der Waals surface area contributed by atoms with E-state index < -0.39 is 0 Å². The van der Waals surface area contributed by atoms with Crippen LogP contribution in [0.3, 0.4) is 0 Å². The van der Waals surface area contributed by atoms with Gasteiger partial charge in [-0.3, -0.25) is 0 Å². The monoisotopic (exact) mass is 382 g/mol. The van der Waals surface area contributed by atoms with Crippen LogP contribution in [-0.2, 0) is 6.42 Å². The predicted octanol–water partition coefficient (Wildman–Crippen LogP) is 5.17. The molecule has 0 aliphatic carbocycles. The molecular weight excluding hydrogens is 368 g/mol. The molecule has 1 N–H and O–H groups in total. The van der Waals surface area contributed by atoms with Crippen LogP contribution in [0.1, 0.15) is 11.8 Å². The molecule has 0 unspecified atom stereocenters. The number of ether oxygens (including phenoxy) is 1. The lowest BCUT2D eigenvalue weighted by Gasteiger charge is -2.00. The summed E-state index contributed by atoms with van der Waals surface area (Å²) < 4.78 is 7.86. The molecule has 0 saturated carbocycles. The zero-order chi connectivity index (χ0) is 14.7. The van der Waals surface area contributed by atoms with E-state index in [-0.39, 0.29) is 0 Å². The third-order valence-electron chi connectivity index (χ3n) is 2.95. The first-order valence-corrected chi connectivity index (χ1v) is 9.18. The third kappa shape index (κ3) is 3.75. The van der Waals surface area contributed by atoms with E-state index in [4.69, 9.17) is 4.74 Å². The first-order valence-electron chi connectivity index (χ1n) is 6.76. The van der Waals surface area contributed by atoms with Crippen LogP contribution in [-0.4, -0.2) is 18.1 Å². The molecule has 0 amide bonds. The minimum Gasteiger partial charge on any atom is -0.494 e. The van der Waals surface area contributed by atoms with Gasteiger partial charge in [-0.05, 0) is 59.6 Å². The van der Waals surface area contributed by atoms with Crippen molar-refractivity contribution in [1.29, 1.82) is 0 Å². The number of halogens is 1. The average molecular weight is 383 g/mol. The molecule has 21 heavy (non-hydrogen) atoms. The second-order valence-electron chi connectivity index (χ2n) is 4.46. The largest absolute Gasteiger partial charge is 0.494 e. The number of hydrogen-bond donors (Lipinski definition) is 1. The summed E-state index contributed by atoms with van der Waals surface area (Å²) >= 11 is 6.94. The smallest absolute Gasteiger partial charge is 0.183 e. The summed E-state index contributed by atoms with van der Waals surface area (Å²) in [7, 11) is 0. The Hall–Kier alpha value is -1.11. The summed E-state index contributed by atoms with van der Waals surface area (Å²) in [5.74, 6) is 0.906. The number of thiophene rings is 1. The van der Waals surface area contributed by atoms with Crippen molar-refractivity contribution in [2.45, 2.75) is 13.3 Å². The first-order chi connectivity index (χ1) is 10.2. The Morgan fingerprint density at radius 2 is 2.14 bits per heavy atom. The molecule has 110 valence electrons. The van der Waals surface area contributed by atoms with Crippen LogP contribution in [0.4, 0.5) is 5.13 Å². The van der Waals surface area contributed by atoms with E-state index in [1.165, 1.54) is 8.66 Å². The average Bonchev–Trinajstić information content (AvgIpc) is 3.05. The molecule has 0 radical (unpaired) electrons. The maximum absolute atomic E-state index is 5.52. The molecule has 3 nitrogen and oxygen atoms in total. The number of rotatable bonds is 6. The number of nitrogens with one attached hydrogen (secondary N) is 1. The van der Waals surface area contributed by atoms with Crippen LogP contribution >= 0.6 is 38.6 Å².